The fourth-order valence-electron chi connectivity index (χ4n) is 1.59. The highest BCUT2D eigenvalue weighted by Gasteiger charge is 2.10. The summed E-state index contributed by atoms with van der Waals surface area (Å²) in [6.45, 7) is 5.18. The van der Waals surface area contributed by atoms with Gasteiger partial charge >= 0.3 is 0 Å². The van der Waals surface area contributed by atoms with E-state index in [1.54, 1.807) is 11.3 Å². The first-order valence-electron chi connectivity index (χ1n) is 6.07. The van der Waals surface area contributed by atoms with E-state index < -0.39 is 0 Å². The van der Waals surface area contributed by atoms with Crippen LogP contribution in [0.5, 0.6) is 0 Å². The lowest BCUT2D eigenvalue weighted by molar-refractivity contribution is 0.588. The molecule has 6 heteroatoms. The third-order valence-corrected chi connectivity index (χ3v) is 4.34. The van der Waals surface area contributed by atoms with Crippen molar-refractivity contribution in [1.82, 2.24) is 15.5 Å². The summed E-state index contributed by atoms with van der Waals surface area (Å²) < 4.78 is 0.965. The van der Waals surface area contributed by atoms with E-state index in [9.17, 15) is 0 Å². The molecule has 0 radical (unpaired) electrons. The van der Waals surface area contributed by atoms with Gasteiger partial charge in [0.05, 0.1) is 5.02 Å². The Balaban J connectivity index is 2.08. The zero-order valence-electron chi connectivity index (χ0n) is 10.8. The second kappa shape index (κ2) is 6.79. The normalized spacial score (nSPS) is 11.2. The third-order valence-electron chi connectivity index (χ3n) is 2.52. The minimum absolute atomic E-state index is 0.494. The molecular formula is C13H15BrClN3S. The van der Waals surface area contributed by atoms with Crippen molar-refractivity contribution in [3.8, 4) is 10.6 Å². The summed E-state index contributed by atoms with van der Waals surface area (Å²) >= 11 is 11.2. The molecule has 0 amide bonds. The summed E-state index contributed by atoms with van der Waals surface area (Å²) in [5.74, 6) is 0. The van der Waals surface area contributed by atoms with Crippen LogP contribution in [0.15, 0.2) is 22.7 Å². The Bertz CT molecular complexity index is 557. The second-order valence-electron chi connectivity index (χ2n) is 4.48. The molecule has 0 fully saturated rings. The van der Waals surface area contributed by atoms with Crippen molar-refractivity contribution in [3.05, 3.63) is 32.7 Å². The fourth-order valence-corrected chi connectivity index (χ4v) is 3.29. The smallest absolute Gasteiger partial charge is 0.149 e. The highest BCUT2D eigenvalue weighted by Crippen LogP contribution is 2.32. The molecule has 1 aromatic heterocycles. The van der Waals surface area contributed by atoms with Gasteiger partial charge in [-0.1, -0.05) is 52.7 Å². The van der Waals surface area contributed by atoms with Gasteiger partial charge < -0.3 is 5.32 Å². The van der Waals surface area contributed by atoms with Gasteiger partial charge in [-0.2, -0.15) is 0 Å². The van der Waals surface area contributed by atoms with Gasteiger partial charge in [0.15, 0.2) is 0 Å². The molecule has 0 aliphatic carbocycles. The molecule has 1 N–H and O–H groups in total. The summed E-state index contributed by atoms with van der Waals surface area (Å²) in [6, 6.07) is 6.29. The summed E-state index contributed by atoms with van der Waals surface area (Å²) in [4.78, 5) is 0. The lowest BCUT2D eigenvalue weighted by Gasteiger charge is -2.05. The molecule has 3 nitrogen and oxygen atoms in total. The van der Waals surface area contributed by atoms with Gasteiger partial charge in [0, 0.05) is 29.0 Å². The first-order chi connectivity index (χ1) is 9.06. The first-order valence-corrected chi connectivity index (χ1v) is 8.06. The van der Waals surface area contributed by atoms with Crippen LogP contribution in [0, 0.1) is 0 Å². The zero-order chi connectivity index (χ0) is 13.8. The molecule has 0 spiro atoms. The minimum Gasteiger partial charge on any atom is -0.314 e. The van der Waals surface area contributed by atoms with Crippen molar-refractivity contribution >= 4 is 38.9 Å². The van der Waals surface area contributed by atoms with Crippen LogP contribution < -0.4 is 5.32 Å². The second-order valence-corrected chi connectivity index (χ2v) is 6.87. The Hall–Kier alpha value is -0.490. The highest BCUT2D eigenvalue weighted by atomic mass is 79.9. The predicted octanol–water partition coefficient (Wildman–Crippen LogP) is 4.16. The van der Waals surface area contributed by atoms with Crippen LogP contribution in [0.2, 0.25) is 5.02 Å². The lowest BCUT2D eigenvalue weighted by atomic mass is 10.2. The van der Waals surface area contributed by atoms with Gasteiger partial charge in [-0.3, -0.25) is 0 Å². The topological polar surface area (TPSA) is 37.8 Å². The van der Waals surface area contributed by atoms with E-state index in [0.29, 0.717) is 11.1 Å². The van der Waals surface area contributed by atoms with E-state index in [-0.39, 0.29) is 0 Å². The Kier molecular flexibility index (Phi) is 5.33. The lowest BCUT2D eigenvalue weighted by Crippen LogP contribution is -2.24. The minimum atomic E-state index is 0.494. The molecule has 0 aliphatic rings. The number of halogens is 2. The molecule has 0 aliphatic heterocycles. The van der Waals surface area contributed by atoms with Crippen LogP contribution >= 0.6 is 38.9 Å². The van der Waals surface area contributed by atoms with Crippen LogP contribution in [0.1, 0.15) is 18.9 Å². The van der Waals surface area contributed by atoms with Crippen LogP contribution in [-0.2, 0) is 6.42 Å². The maximum atomic E-state index is 6.22. The molecule has 0 saturated heterocycles. The largest absolute Gasteiger partial charge is 0.314 e. The number of aromatic nitrogens is 2. The Labute approximate surface area is 130 Å². The van der Waals surface area contributed by atoms with Crippen LogP contribution in [0.25, 0.3) is 10.6 Å². The maximum Gasteiger partial charge on any atom is 0.149 e. The summed E-state index contributed by atoms with van der Waals surface area (Å²) in [5, 5.41) is 14.4. The molecule has 0 saturated carbocycles. The third kappa shape index (κ3) is 4.24. The van der Waals surface area contributed by atoms with Crippen LogP contribution in [0.4, 0.5) is 0 Å². The summed E-state index contributed by atoms with van der Waals surface area (Å²) in [5.41, 5.74) is 0.936. The Morgan fingerprint density at radius 3 is 2.84 bits per heavy atom. The van der Waals surface area contributed by atoms with Crippen LogP contribution in [0.3, 0.4) is 0 Å². The van der Waals surface area contributed by atoms with Crippen molar-refractivity contribution < 1.29 is 0 Å². The number of rotatable bonds is 5. The van der Waals surface area contributed by atoms with Gasteiger partial charge in [-0.25, -0.2) is 0 Å². The van der Waals surface area contributed by atoms with Crippen LogP contribution in [-0.4, -0.2) is 22.8 Å². The molecule has 2 aromatic rings. The SMILES string of the molecule is CC(C)NCCc1nnc(-c2ccc(Br)cc2Cl)s1. The Morgan fingerprint density at radius 1 is 1.37 bits per heavy atom. The number of nitrogens with zero attached hydrogens (tertiary/aromatic N) is 2. The maximum absolute atomic E-state index is 6.22. The number of benzene rings is 1. The predicted molar refractivity (Wildman–Crippen MR) is 84.9 cm³/mol. The number of nitrogens with one attached hydrogen (secondary N) is 1. The van der Waals surface area contributed by atoms with Crippen molar-refractivity contribution in [2.45, 2.75) is 26.3 Å². The van der Waals surface area contributed by atoms with Gasteiger partial charge in [0.25, 0.3) is 0 Å². The molecule has 1 heterocycles. The van der Waals surface area contributed by atoms with E-state index in [0.717, 1.165) is 33.0 Å². The molecule has 2 rings (SSSR count). The van der Waals surface area contributed by atoms with Crippen molar-refractivity contribution in [3.63, 3.8) is 0 Å². The first kappa shape index (κ1) is 14.9. The molecule has 0 atom stereocenters. The van der Waals surface area contributed by atoms with Gasteiger partial charge in [-0.15, -0.1) is 10.2 Å². The monoisotopic (exact) mass is 359 g/mol. The van der Waals surface area contributed by atoms with E-state index in [2.05, 4.69) is 45.3 Å². The molecule has 1 aromatic carbocycles. The van der Waals surface area contributed by atoms with E-state index >= 15 is 0 Å². The van der Waals surface area contributed by atoms with E-state index in [4.69, 9.17) is 11.6 Å². The number of hydrogen-bond acceptors (Lipinski definition) is 4. The van der Waals surface area contributed by atoms with Crippen molar-refractivity contribution in [2.75, 3.05) is 6.54 Å². The summed E-state index contributed by atoms with van der Waals surface area (Å²) in [6.07, 6.45) is 0.893. The fraction of sp³-hybridized carbons (Fsp3) is 0.385. The zero-order valence-corrected chi connectivity index (χ0v) is 13.9. The summed E-state index contributed by atoms with van der Waals surface area (Å²) in [7, 11) is 0. The van der Waals surface area contributed by atoms with Crippen molar-refractivity contribution in [2.24, 2.45) is 0 Å². The highest BCUT2D eigenvalue weighted by molar-refractivity contribution is 9.10. The van der Waals surface area contributed by atoms with Gasteiger partial charge in [0.1, 0.15) is 10.0 Å². The average molecular weight is 361 g/mol. The Morgan fingerprint density at radius 2 is 2.16 bits per heavy atom. The number of hydrogen-bond donors (Lipinski definition) is 1. The molecule has 19 heavy (non-hydrogen) atoms. The molecule has 0 bridgehead atoms. The molecule has 102 valence electrons. The average Bonchev–Trinajstić information content (AvgIpc) is 2.77. The quantitative estimate of drug-likeness (QED) is 0.870. The molecule has 0 unspecified atom stereocenters. The van der Waals surface area contributed by atoms with E-state index in [1.165, 1.54) is 0 Å². The van der Waals surface area contributed by atoms with E-state index in [1.807, 2.05) is 18.2 Å². The standard InChI is InChI=1S/C13H15BrClN3S/c1-8(2)16-6-5-12-17-18-13(19-12)10-4-3-9(14)7-11(10)15/h3-4,7-8,16H,5-6H2,1-2H3. The van der Waals surface area contributed by atoms with Gasteiger partial charge in [0.2, 0.25) is 0 Å². The molecular weight excluding hydrogens is 346 g/mol. The van der Waals surface area contributed by atoms with Crippen molar-refractivity contribution in [1.29, 1.82) is 0 Å². The van der Waals surface area contributed by atoms with Gasteiger partial charge in [-0.05, 0) is 18.2 Å².